The molecule has 1 fully saturated rings. The summed E-state index contributed by atoms with van der Waals surface area (Å²) in [6, 6.07) is 5.99. The van der Waals surface area contributed by atoms with Gasteiger partial charge in [0.1, 0.15) is 0 Å². The molecule has 3 nitrogen and oxygen atoms in total. The zero-order chi connectivity index (χ0) is 14.0. The predicted octanol–water partition coefficient (Wildman–Crippen LogP) is 2.52. The molecule has 0 bridgehead atoms. The fourth-order valence-electron chi connectivity index (χ4n) is 2.96. The number of likely N-dealkylation sites (tertiary alicyclic amines) is 1. The van der Waals surface area contributed by atoms with Crippen LogP contribution in [0.3, 0.4) is 0 Å². The predicted molar refractivity (Wildman–Crippen MR) is 78.5 cm³/mol. The van der Waals surface area contributed by atoms with Crippen molar-refractivity contribution in [1.82, 2.24) is 10.2 Å². The minimum Gasteiger partial charge on any atom is -0.332 e. The lowest BCUT2D eigenvalue weighted by Gasteiger charge is -2.35. The van der Waals surface area contributed by atoms with Crippen molar-refractivity contribution in [2.24, 2.45) is 0 Å². The Kier molecular flexibility index (Phi) is 3.95. The highest BCUT2D eigenvalue weighted by molar-refractivity contribution is 5.95. The van der Waals surface area contributed by atoms with Crippen molar-refractivity contribution >= 4 is 5.91 Å². The van der Waals surface area contributed by atoms with E-state index in [1.54, 1.807) is 0 Å². The highest BCUT2D eigenvalue weighted by atomic mass is 16.2. The topological polar surface area (TPSA) is 32.3 Å². The third-order valence-corrected chi connectivity index (χ3v) is 4.31. The first kappa shape index (κ1) is 14.1. The number of nitrogens with zero attached hydrogens (tertiary/aromatic N) is 1. The van der Waals surface area contributed by atoms with Crippen molar-refractivity contribution in [3.63, 3.8) is 0 Å². The standard InChI is InChI=1S/C16H24N2O/c1-12-6-7-14(10-13(12)2)15(19)18-9-5-8-16(18,3)11-17-4/h6-7,10,17H,5,8-9,11H2,1-4H3. The van der Waals surface area contributed by atoms with E-state index in [1.165, 1.54) is 11.1 Å². The van der Waals surface area contributed by atoms with Gasteiger partial charge in [-0.05, 0) is 63.9 Å². The van der Waals surface area contributed by atoms with Crippen molar-refractivity contribution in [2.45, 2.75) is 39.2 Å². The minimum absolute atomic E-state index is 0.0510. The number of nitrogens with one attached hydrogen (secondary N) is 1. The summed E-state index contributed by atoms with van der Waals surface area (Å²) in [4.78, 5) is 14.7. The summed E-state index contributed by atoms with van der Waals surface area (Å²) >= 11 is 0. The minimum atomic E-state index is -0.0510. The highest BCUT2D eigenvalue weighted by Crippen LogP contribution is 2.30. The second-order valence-electron chi connectivity index (χ2n) is 5.89. The van der Waals surface area contributed by atoms with Crippen LogP contribution >= 0.6 is 0 Å². The van der Waals surface area contributed by atoms with Crippen LogP contribution in [0.4, 0.5) is 0 Å². The SMILES string of the molecule is CNCC1(C)CCCN1C(=O)c1ccc(C)c(C)c1. The summed E-state index contributed by atoms with van der Waals surface area (Å²) in [7, 11) is 1.95. The second-order valence-corrected chi connectivity index (χ2v) is 5.89. The molecule has 1 aliphatic rings. The maximum absolute atomic E-state index is 12.7. The van der Waals surface area contributed by atoms with Crippen molar-refractivity contribution in [3.05, 3.63) is 34.9 Å². The van der Waals surface area contributed by atoms with Crippen LogP contribution < -0.4 is 5.32 Å². The zero-order valence-corrected chi connectivity index (χ0v) is 12.4. The molecule has 1 aliphatic heterocycles. The van der Waals surface area contributed by atoms with Crippen molar-refractivity contribution in [2.75, 3.05) is 20.1 Å². The van der Waals surface area contributed by atoms with E-state index >= 15 is 0 Å². The Morgan fingerprint density at radius 1 is 1.37 bits per heavy atom. The van der Waals surface area contributed by atoms with Gasteiger partial charge in [-0.1, -0.05) is 6.07 Å². The molecule has 1 N–H and O–H groups in total. The fraction of sp³-hybridized carbons (Fsp3) is 0.562. The monoisotopic (exact) mass is 260 g/mol. The highest BCUT2D eigenvalue weighted by Gasteiger charge is 2.39. The number of carbonyl (C=O) groups is 1. The molecule has 3 heteroatoms. The molecule has 2 rings (SSSR count). The van der Waals surface area contributed by atoms with Gasteiger partial charge in [0.25, 0.3) is 5.91 Å². The van der Waals surface area contributed by atoms with Crippen molar-refractivity contribution in [1.29, 1.82) is 0 Å². The lowest BCUT2D eigenvalue weighted by molar-refractivity contribution is 0.0626. The fourth-order valence-corrected chi connectivity index (χ4v) is 2.96. The zero-order valence-electron chi connectivity index (χ0n) is 12.4. The maximum Gasteiger partial charge on any atom is 0.254 e. The number of hydrogen-bond donors (Lipinski definition) is 1. The molecule has 1 aromatic carbocycles. The van der Waals surface area contributed by atoms with Crippen LogP contribution in [0.1, 0.15) is 41.3 Å². The van der Waals surface area contributed by atoms with E-state index in [4.69, 9.17) is 0 Å². The van der Waals surface area contributed by atoms with E-state index in [2.05, 4.69) is 26.1 Å². The molecule has 0 aliphatic carbocycles. The summed E-state index contributed by atoms with van der Waals surface area (Å²) in [5.41, 5.74) is 3.17. The van der Waals surface area contributed by atoms with Crippen LogP contribution in [0, 0.1) is 13.8 Å². The quantitative estimate of drug-likeness (QED) is 0.905. The lowest BCUT2D eigenvalue weighted by Crippen LogP contribution is -2.50. The largest absolute Gasteiger partial charge is 0.332 e. The Morgan fingerprint density at radius 3 is 2.74 bits per heavy atom. The molecule has 104 valence electrons. The van der Waals surface area contributed by atoms with E-state index in [9.17, 15) is 4.79 Å². The van der Waals surface area contributed by atoms with Gasteiger partial charge in [-0.25, -0.2) is 0 Å². The molecule has 0 spiro atoms. The Hall–Kier alpha value is -1.35. The van der Waals surface area contributed by atoms with Crippen molar-refractivity contribution < 1.29 is 4.79 Å². The molecule has 0 saturated carbocycles. The third-order valence-electron chi connectivity index (χ3n) is 4.31. The van der Waals surface area contributed by atoms with E-state index in [0.717, 1.165) is 31.5 Å². The average Bonchev–Trinajstić information content (AvgIpc) is 2.74. The third kappa shape index (κ3) is 2.66. The Bertz CT molecular complexity index is 484. The molecule has 1 aromatic rings. The van der Waals surface area contributed by atoms with Crippen LogP contribution in [0.5, 0.6) is 0 Å². The molecule has 1 amide bonds. The summed E-state index contributed by atoms with van der Waals surface area (Å²) in [5.74, 6) is 0.165. The Balaban J connectivity index is 2.25. The molecule has 1 heterocycles. The van der Waals surface area contributed by atoms with Gasteiger partial charge in [0.05, 0.1) is 5.54 Å². The molecule has 0 aromatic heterocycles. The van der Waals surface area contributed by atoms with Gasteiger partial charge < -0.3 is 10.2 Å². The van der Waals surface area contributed by atoms with E-state index in [1.807, 2.05) is 30.1 Å². The maximum atomic E-state index is 12.7. The van der Waals surface area contributed by atoms with Gasteiger partial charge in [0.15, 0.2) is 0 Å². The van der Waals surface area contributed by atoms with Crippen molar-refractivity contribution in [3.8, 4) is 0 Å². The van der Waals surface area contributed by atoms with Gasteiger partial charge in [-0.3, -0.25) is 4.79 Å². The molecule has 1 unspecified atom stereocenters. The van der Waals surface area contributed by atoms with Gasteiger partial charge >= 0.3 is 0 Å². The molecule has 19 heavy (non-hydrogen) atoms. The molecular weight excluding hydrogens is 236 g/mol. The van der Waals surface area contributed by atoms with Crippen LogP contribution in [0.15, 0.2) is 18.2 Å². The van der Waals surface area contributed by atoms with Gasteiger partial charge in [0.2, 0.25) is 0 Å². The first-order valence-electron chi connectivity index (χ1n) is 7.02. The van der Waals surface area contributed by atoms with Gasteiger partial charge in [-0.2, -0.15) is 0 Å². The number of likely N-dealkylation sites (N-methyl/N-ethyl adjacent to an activating group) is 1. The average molecular weight is 260 g/mol. The van der Waals surface area contributed by atoms with Gasteiger partial charge in [-0.15, -0.1) is 0 Å². The van der Waals surface area contributed by atoms with E-state index < -0.39 is 0 Å². The van der Waals surface area contributed by atoms with Crippen LogP contribution in [0.2, 0.25) is 0 Å². The summed E-state index contributed by atoms with van der Waals surface area (Å²) in [5, 5.41) is 3.21. The number of rotatable bonds is 3. The number of aryl methyl sites for hydroxylation is 2. The number of amides is 1. The van der Waals surface area contributed by atoms with E-state index in [0.29, 0.717) is 0 Å². The Morgan fingerprint density at radius 2 is 2.11 bits per heavy atom. The smallest absolute Gasteiger partial charge is 0.254 e. The van der Waals surface area contributed by atoms with E-state index in [-0.39, 0.29) is 11.4 Å². The number of hydrogen-bond acceptors (Lipinski definition) is 2. The molecule has 1 atom stereocenters. The molecule has 0 radical (unpaired) electrons. The number of carbonyl (C=O) groups excluding carboxylic acids is 1. The summed E-state index contributed by atoms with van der Waals surface area (Å²) in [6.45, 7) is 8.02. The summed E-state index contributed by atoms with van der Waals surface area (Å²) < 4.78 is 0. The molecular formula is C16H24N2O. The second kappa shape index (κ2) is 5.33. The molecule has 1 saturated heterocycles. The first-order valence-corrected chi connectivity index (χ1v) is 7.02. The van der Waals surface area contributed by atoms with Crippen LogP contribution in [-0.4, -0.2) is 36.5 Å². The lowest BCUT2D eigenvalue weighted by atomic mass is 9.97. The first-order chi connectivity index (χ1) is 8.98. The number of benzene rings is 1. The van der Waals surface area contributed by atoms with Gasteiger partial charge in [0, 0.05) is 18.7 Å². The Labute approximate surface area is 116 Å². The normalized spacial score (nSPS) is 22.8. The summed E-state index contributed by atoms with van der Waals surface area (Å²) in [6.07, 6.45) is 2.17. The van der Waals surface area contributed by atoms with Crippen LogP contribution in [0.25, 0.3) is 0 Å². The van der Waals surface area contributed by atoms with Crippen LogP contribution in [-0.2, 0) is 0 Å².